The van der Waals surface area contributed by atoms with Gasteiger partial charge in [0.2, 0.25) is 5.91 Å². The first-order chi connectivity index (χ1) is 10.2. The first-order valence-corrected chi connectivity index (χ1v) is 8.01. The fourth-order valence-electron chi connectivity index (χ4n) is 2.26. The molecule has 0 radical (unpaired) electrons. The highest BCUT2D eigenvalue weighted by Crippen LogP contribution is 2.17. The quantitative estimate of drug-likeness (QED) is 0.730. The van der Waals surface area contributed by atoms with E-state index in [-0.39, 0.29) is 5.91 Å². The van der Waals surface area contributed by atoms with Crippen LogP contribution in [0, 0.1) is 0 Å². The van der Waals surface area contributed by atoms with Crippen LogP contribution in [0.4, 0.5) is 0 Å². The van der Waals surface area contributed by atoms with Crippen LogP contribution < -0.4 is 10.6 Å². The van der Waals surface area contributed by atoms with E-state index in [9.17, 15) is 4.79 Å². The molecule has 0 spiro atoms. The molecular weight excluding hydrogens is 262 g/mol. The lowest BCUT2D eigenvalue weighted by molar-refractivity contribution is -0.120. The largest absolute Gasteiger partial charge is 0.351 e. The van der Waals surface area contributed by atoms with E-state index in [0.717, 1.165) is 25.2 Å². The molecule has 1 aromatic rings. The Morgan fingerprint density at radius 2 is 1.76 bits per heavy atom. The molecule has 1 saturated carbocycles. The van der Waals surface area contributed by atoms with Crippen LogP contribution in [0.15, 0.2) is 24.3 Å². The summed E-state index contributed by atoms with van der Waals surface area (Å²) in [5.74, 6) is 0.0779. The summed E-state index contributed by atoms with van der Waals surface area (Å²) in [5, 5.41) is 6.17. The van der Waals surface area contributed by atoms with E-state index in [1.807, 2.05) is 0 Å². The van der Waals surface area contributed by atoms with Crippen molar-refractivity contribution < 1.29 is 4.79 Å². The Kier molecular flexibility index (Phi) is 6.21. The molecule has 1 aliphatic carbocycles. The van der Waals surface area contributed by atoms with E-state index < -0.39 is 0 Å². The highest BCUT2D eigenvalue weighted by molar-refractivity contribution is 5.78. The van der Waals surface area contributed by atoms with Crippen LogP contribution in [0.1, 0.15) is 37.8 Å². The van der Waals surface area contributed by atoms with E-state index in [0.29, 0.717) is 19.1 Å². The molecule has 0 heterocycles. The van der Waals surface area contributed by atoms with Gasteiger partial charge < -0.3 is 10.6 Å². The number of nitrogens with zero attached hydrogens (tertiary/aromatic N) is 1. The molecule has 2 N–H and O–H groups in total. The fourth-order valence-corrected chi connectivity index (χ4v) is 2.26. The van der Waals surface area contributed by atoms with Crippen molar-refractivity contribution in [1.29, 1.82) is 0 Å². The first kappa shape index (κ1) is 16.0. The second-order valence-electron chi connectivity index (χ2n) is 5.71. The van der Waals surface area contributed by atoms with Gasteiger partial charge in [-0.15, -0.1) is 0 Å². The monoisotopic (exact) mass is 289 g/mol. The minimum absolute atomic E-state index is 0.0779. The Labute approximate surface area is 127 Å². The van der Waals surface area contributed by atoms with Crippen molar-refractivity contribution in [3.8, 4) is 0 Å². The zero-order valence-corrected chi connectivity index (χ0v) is 13.2. The molecule has 0 aromatic heterocycles. The lowest BCUT2D eigenvalue weighted by Gasteiger charge is -2.18. The molecular formula is C17H27N3O. The van der Waals surface area contributed by atoms with E-state index in [4.69, 9.17) is 0 Å². The second kappa shape index (κ2) is 8.15. The predicted octanol–water partition coefficient (Wildman–Crippen LogP) is 1.90. The van der Waals surface area contributed by atoms with Crippen molar-refractivity contribution in [2.45, 2.75) is 45.8 Å². The van der Waals surface area contributed by atoms with Crippen LogP contribution in [0.5, 0.6) is 0 Å². The summed E-state index contributed by atoms with van der Waals surface area (Å²) >= 11 is 0. The molecule has 1 amide bonds. The maximum absolute atomic E-state index is 11.7. The van der Waals surface area contributed by atoms with Crippen molar-refractivity contribution in [1.82, 2.24) is 15.5 Å². The average molecular weight is 289 g/mol. The lowest BCUT2D eigenvalue weighted by atomic mass is 10.1. The summed E-state index contributed by atoms with van der Waals surface area (Å²) in [6.07, 6.45) is 2.42. The van der Waals surface area contributed by atoms with Gasteiger partial charge in [-0.1, -0.05) is 38.1 Å². The number of benzene rings is 1. The third-order valence-electron chi connectivity index (χ3n) is 3.94. The minimum Gasteiger partial charge on any atom is -0.351 e. The molecule has 21 heavy (non-hydrogen) atoms. The van der Waals surface area contributed by atoms with Crippen LogP contribution in [0.3, 0.4) is 0 Å². The summed E-state index contributed by atoms with van der Waals surface area (Å²) in [6, 6.07) is 9.10. The molecule has 0 unspecified atom stereocenters. The molecule has 4 nitrogen and oxygen atoms in total. The molecule has 0 saturated heterocycles. The van der Waals surface area contributed by atoms with Crippen LogP contribution in [0.25, 0.3) is 0 Å². The molecule has 1 aliphatic rings. The summed E-state index contributed by atoms with van der Waals surface area (Å²) < 4.78 is 0. The summed E-state index contributed by atoms with van der Waals surface area (Å²) in [4.78, 5) is 14.0. The van der Waals surface area contributed by atoms with Crippen LogP contribution in [-0.4, -0.2) is 36.5 Å². The number of hydrogen-bond donors (Lipinski definition) is 2. The van der Waals surface area contributed by atoms with Gasteiger partial charge in [0.25, 0.3) is 0 Å². The number of rotatable bonds is 9. The summed E-state index contributed by atoms with van der Waals surface area (Å²) in [7, 11) is 0. The maximum atomic E-state index is 11.7. The number of amides is 1. The van der Waals surface area contributed by atoms with Crippen molar-refractivity contribution in [2.24, 2.45) is 0 Å². The Hall–Kier alpha value is -1.39. The maximum Gasteiger partial charge on any atom is 0.234 e. The van der Waals surface area contributed by atoms with Gasteiger partial charge in [-0.2, -0.15) is 0 Å². The van der Waals surface area contributed by atoms with Crippen LogP contribution in [-0.2, 0) is 17.9 Å². The average Bonchev–Trinajstić information content (AvgIpc) is 3.34. The first-order valence-electron chi connectivity index (χ1n) is 8.01. The highest BCUT2D eigenvalue weighted by Gasteiger charge is 2.20. The molecule has 4 heteroatoms. The standard InChI is InChI=1S/C17H27N3O/c1-3-20(4-2)13-15-7-5-14(6-8-15)11-19-17(21)12-18-16-9-10-16/h5-8,16,18H,3-4,9-13H2,1-2H3,(H,19,21). The van der Waals surface area contributed by atoms with Crippen molar-refractivity contribution in [2.75, 3.05) is 19.6 Å². The Morgan fingerprint density at radius 1 is 1.14 bits per heavy atom. The number of nitrogens with one attached hydrogen (secondary N) is 2. The SMILES string of the molecule is CCN(CC)Cc1ccc(CNC(=O)CNC2CC2)cc1. The van der Waals surface area contributed by atoms with Gasteiger partial charge in [-0.25, -0.2) is 0 Å². The summed E-state index contributed by atoms with van der Waals surface area (Å²) in [6.45, 7) is 8.54. The van der Waals surface area contributed by atoms with Crippen molar-refractivity contribution in [3.63, 3.8) is 0 Å². The highest BCUT2D eigenvalue weighted by atomic mass is 16.1. The Morgan fingerprint density at radius 3 is 2.33 bits per heavy atom. The Bertz CT molecular complexity index is 436. The van der Waals surface area contributed by atoms with Gasteiger partial charge in [-0.3, -0.25) is 9.69 Å². The van der Waals surface area contributed by atoms with Gasteiger partial charge in [0.1, 0.15) is 0 Å². The van der Waals surface area contributed by atoms with E-state index in [1.54, 1.807) is 0 Å². The zero-order chi connectivity index (χ0) is 15.1. The van der Waals surface area contributed by atoms with Crippen LogP contribution in [0.2, 0.25) is 0 Å². The molecule has 0 atom stereocenters. The van der Waals surface area contributed by atoms with Gasteiger partial charge in [-0.05, 0) is 37.1 Å². The van der Waals surface area contributed by atoms with Gasteiger partial charge in [0.05, 0.1) is 6.54 Å². The number of carbonyl (C=O) groups excluding carboxylic acids is 1. The van der Waals surface area contributed by atoms with Crippen LogP contribution >= 0.6 is 0 Å². The predicted molar refractivity (Wildman–Crippen MR) is 85.9 cm³/mol. The van der Waals surface area contributed by atoms with Gasteiger partial charge in [0.15, 0.2) is 0 Å². The van der Waals surface area contributed by atoms with Gasteiger partial charge in [0, 0.05) is 19.1 Å². The second-order valence-corrected chi connectivity index (χ2v) is 5.71. The molecule has 116 valence electrons. The molecule has 2 rings (SSSR count). The topological polar surface area (TPSA) is 44.4 Å². The third kappa shape index (κ3) is 5.86. The molecule has 0 bridgehead atoms. The summed E-state index contributed by atoms with van der Waals surface area (Å²) in [5.41, 5.74) is 2.47. The van der Waals surface area contributed by atoms with Crippen molar-refractivity contribution in [3.05, 3.63) is 35.4 Å². The van der Waals surface area contributed by atoms with Crippen molar-refractivity contribution >= 4 is 5.91 Å². The molecule has 1 fully saturated rings. The number of hydrogen-bond acceptors (Lipinski definition) is 3. The van der Waals surface area contributed by atoms with E-state index >= 15 is 0 Å². The number of carbonyl (C=O) groups is 1. The zero-order valence-electron chi connectivity index (χ0n) is 13.2. The minimum atomic E-state index is 0.0779. The Balaban J connectivity index is 1.72. The van der Waals surface area contributed by atoms with E-state index in [1.165, 1.54) is 18.4 Å². The normalized spacial score (nSPS) is 14.4. The fraction of sp³-hybridized carbons (Fsp3) is 0.588. The van der Waals surface area contributed by atoms with E-state index in [2.05, 4.69) is 53.6 Å². The van der Waals surface area contributed by atoms with Gasteiger partial charge >= 0.3 is 0 Å². The lowest BCUT2D eigenvalue weighted by Crippen LogP contribution is -2.34. The third-order valence-corrected chi connectivity index (χ3v) is 3.94. The smallest absolute Gasteiger partial charge is 0.234 e. The molecule has 1 aromatic carbocycles. The molecule has 0 aliphatic heterocycles.